The largest absolute Gasteiger partial charge is 0.122 e. The summed E-state index contributed by atoms with van der Waals surface area (Å²) in [6, 6.07) is 0. The Labute approximate surface area is 68.6 Å². The van der Waals surface area contributed by atoms with Gasteiger partial charge in [0.1, 0.15) is 0 Å². The summed E-state index contributed by atoms with van der Waals surface area (Å²) in [6.07, 6.45) is 6.90. The molecule has 0 aliphatic carbocycles. The van der Waals surface area contributed by atoms with Gasteiger partial charge in [0, 0.05) is 0 Å². The highest BCUT2D eigenvalue weighted by atomic mass is 31.1. The number of hydrogen-bond acceptors (Lipinski definition) is 0. The van der Waals surface area contributed by atoms with Gasteiger partial charge < -0.3 is 0 Å². The summed E-state index contributed by atoms with van der Waals surface area (Å²) in [5.74, 6) is 0. The predicted molar refractivity (Wildman–Crippen MR) is 54.6 cm³/mol. The van der Waals surface area contributed by atoms with Gasteiger partial charge in [0.15, 0.2) is 0 Å². The molecule has 0 rings (SSSR count). The highest BCUT2D eigenvalue weighted by Crippen LogP contribution is 2.10. The molecular formula is C9H23P. The quantitative estimate of drug-likeness (QED) is 0.434. The van der Waals surface area contributed by atoms with E-state index in [0.717, 1.165) is 0 Å². The van der Waals surface area contributed by atoms with Crippen molar-refractivity contribution in [1.82, 2.24) is 0 Å². The third kappa shape index (κ3) is 23.7. The zero-order chi connectivity index (χ0) is 8.24. The summed E-state index contributed by atoms with van der Waals surface area (Å²) in [4.78, 5) is 0. The van der Waals surface area contributed by atoms with Gasteiger partial charge in [0.05, 0.1) is 0 Å². The molecule has 0 saturated carbocycles. The van der Waals surface area contributed by atoms with Crippen LogP contribution in [0, 0.1) is 0 Å². The molecule has 10 heavy (non-hydrogen) atoms. The van der Waals surface area contributed by atoms with Crippen molar-refractivity contribution in [3.63, 3.8) is 0 Å². The van der Waals surface area contributed by atoms with Gasteiger partial charge in [-0.05, 0) is 12.3 Å². The van der Waals surface area contributed by atoms with Gasteiger partial charge in [0.25, 0.3) is 0 Å². The first kappa shape index (κ1) is 13.1. The minimum Gasteiger partial charge on any atom is -0.122 e. The Morgan fingerprint density at radius 1 is 0.800 bits per heavy atom. The first-order chi connectivity index (χ1) is 4.83. The second-order valence-corrected chi connectivity index (χ2v) is 3.96. The molecule has 1 heteroatoms. The minimum atomic E-state index is 1.23. The second-order valence-electron chi connectivity index (χ2n) is 2.46. The summed E-state index contributed by atoms with van der Waals surface area (Å²) in [6.45, 7) is 8.76. The minimum absolute atomic E-state index is 1.23. The molecule has 0 aromatic heterocycles. The van der Waals surface area contributed by atoms with Crippen LogP contribution in [-0.2, 0) is 0 Å². The smallest absolute Gasteiger partial charge is 0.0356 e. The van der Waals surface area contributed by atoms with E-state index in [2.05, 4.69) is 27.7 Å². The maximum absolute atomic E-state index is 2.25. The van der Waals surface area contributed by atoms with Gasteiger partial charge in [-0.2, -0.15) is 0 Å². The van der Waals surface area contributed by atoms with Crippen LogP contribution in [0.15, 0.2) is 0 Å². The summed E-state index contributed by atoms with van der Waals surface area (Å²) in [5.41, 5.74) is 0. The van der Waals surface area contributed by atoms with Crippen LogP contribution < -0.4 is 0 Å². The zero-order valence-electron chi connectivity index (χ0n) is 8.04. The average Bonchev–Trinajstić information content (AvgIpc) is 1.91. The fraction of sp³-hybridized carbons (Fsp3) is 1.00. The number of hydrogen-bond donors (Lipinski definition) is 0. The van der Waals surface area contributed by atoms with Crippen molar-refractivity contribution in [1.29, 1.82) is 0 Å². The lowest BCUT2D eigenvalue weighted by Crippen LogP contribution is -1.72. The van der Waals surface area contributed by atoms with E-state index in [0.29, 0.717) is 0 Å². The van der Waals surface area contributed by atoms with Crippen LogP contribution >= 0.6 is 8.58 Å². The third-order valence-electron chi connectivity index (χ3n) is 0.854. The van der Waals surface area contributed by atoms with Crippen molar-refractivity contribution in [3.8, 4) is 0 Å². The van der Waals surface area contributed by atoms with E-state index in [4.69, 9.17) is 0 Å². The molecule has 0 fully saturated rings. The van der Waals surface area contributed by atoms with Gasteiger partial charge in [-0.15, -0.1) is 8.58 Å². The second kappa shape index (κ2) is 16.2. The third-order valence-corrected chi connectivity index (χ3v) is 2.56. The van der Waals surface area contributed by atoms with Crippen LogP contribution in [0.5, 0.6) is 0 Å². The predicted octanol–water partition coefficient (Wildman–Crippen LogP) is 3.90. The Kier molecular flexibility index (Phi) is 21.2. The first-order valence-electron chi connectivity index (χ1n) is 4.54. The molecule has 0 aliphatic heterocycles. The molecule has 0 unspecified atom stereocenters. The fourth-order valence-corrected chi connectivity index (χ4v) is 1.44. The van der Waals surface area contributed by atoms with E-state index < -0.39 is 0 Å². The molecule has 0 atom stereocenters. The van der Waals surface area contributed by atoms with Crippen molar-refractivity contribution in [3.05, 3.63) is 0 Å². The lowest BCUT2D eigenvalue weighted by molar-refractivity contribution is 1.07. The van der Waals surface area contributed by atoms with E-state index in [1.165, 1.54) is 40.2 Å². The summed E-state index contributed by atoms with van der Waals surface area (Å²) in [7, 11) is 1.23. The molecule has 0 heterocycles. The highest BCUT2D eigenvalue weighted by molar-refractivity contribution is 7.37. The normalized spacial score (nSPS) is 8.40. The van der Waals surface area contributed by atoms with E-state index >= 15 is 0 Å². The topological polar surface area (TPSA) is 0 Å². The summed E-state index contributed by atoms with van der Waals surface area (Å²) in [5, 5.41) is 0. The number of rotatable bonds is 4. The average molecular weight is 162 g/mol. The van der Waals surface area contributed by atoms with Crippen molar-refractivity contribution in [2.75, 3.05) is 12.3 Å². The molecule has 64 valence electrons. The zero-order valence-corrected chi connectivity index (χ0v) is 9.04. The van der Waals surface area contributed by atoms with Gasteiger partial charge in [-0.1, -0.05) is 47.0 Å². The van der Waals surface area contributed by atoms with Gasteiger partial charge >= 0.3 is 0 Å². The summed E-state index contributed by atoms with van der Waals surface area (Å²) < 4.78 is 0. The first-order valence-corrected chi connectivity index (χ1v) is 5.95. The van der Waals surface area contributed by atoms with Crippen LogP contribution in [0.25, 0.3) is 0 Å². The van der Waals surface area contributed by atoms with Crippen molar-refractivity contribution >= 4 is 8.58 Å². The van der Waals surface area contributed by atoms with Gasteiger partial charge in [-0.3, -0.25) is 0 Å². The van der Waals surface area contributed by atoms with Crippen molar-refractivity contribution < 1.29 is 0 Å². The Hall–Kier alpha value is 0.430. The lowest BCUT2D eigenvalue weighted by Gasteiger charge is -1.91. The maximum atomic E-state index is 2.25. The van der Waals surface area contributed by atoms with Crippen LogP contribution in [0.2, 0.25) is 0 Å². The molecular weight excluding hydrogens is 139 g/mol. The molecule has 0 aromatic carbocycles. The van der Waals surface area contributed by atoms with E-state index in [1.54, 1.807) is 0 Å². The van der Waals surface area contributed by atoms with E-state index in [1.807, 2.05) is 0 Å². The van der Waals surface area contributed by atoms with Crippen molar-refractivity contribution in [2.24, 2.45) is 0 Å². The Bertz CT molecular complexity index is 31.7. The van der Waals surface area contributed by atoms with Gasteiger partial charge in [-0.25, -0.2) is 0 Å². The SMILES string of the molecule is CCC.CCCPCCC. The van der Waals surface area contributed by atoms with E-state index in [9.17, 15) is 0 Å². The highest BCUT2D eigenvalue weighted by Gasteiger charge is 1.79. The standard InChI is InChI=1S/C6H15P.C3H8/c1-3-5-7-6-4-2;1-3-2/h7H,3-6H2,1-2H3;3H2,1-2H3. The summed E-state index contributed by atoms with van der Waals surface area (Å²) >= 11 is 0. The van der Waals surface area contributed by atoms with Crippen LogP contribution in [0.3, 0.4) is 0 Å². The van der Waals surface area contributed by atoms with Gasteiger partial charge in [0.2, 0.25) is 0 Å². The van der Waals surface area contributed by atoms with E-state index in [-0.39, 0.29) is 0 Å². The van der Waals surface area contributed by atoms with Crippen LogP contribution in [-0.4, -0.2) is 12.3 Å². The van der Waals surface area contributed by atoms with Crippen LogP contribution in [0.1, 0.15) is 47.0 Å². The molecule has 0 nitrogen and oxygen atoms in total. The monoisotopic (exact) mass is 162 g/mol. The molecule has 0 N–H and O–H groups in total. The molecule has 0 aliphatic rings. The van der Waals surface area contributed by atoms with Crippen molar-refractivity contribution in [2.45, 2.75) is 47.0 Å². The molecule has 0 amide bonds. The molecule has 0 saturated heterocycles. The molecule has 0 radical (unpaired) electrons. The molecule has 0 aromatic rings. The Balaban J connectivity index is 0. The fourth-order valence-electron chi connectivity index (χ4n) is 0.479. The maximum Gasteiger partial charge on any atom is -0.0356 e. The Morgan fingerprint density at radius 3 is 1.30 bits per heavy atom. The molecule has 0 bridgehead atoms. The van der Waals surface area contributed by atoms with Crippen LogP contribution in [0.4, 0.5) is 0 Å². The Morgan fingerprint density at radius 2 is 1.10 bits per heavy atom. The molecule has 0 spiro atoms. The lowest BCUT2D eigenvalue weighted by atomic mass is 10.6.